The predicted molar refractivity (Wildman–Crippen MR) is 113 cm³/mol. The number of anilines is 1. The Balaban J connectivity index is 1.36. The molecule has 2 fully saturated rings. The highest BCUT2D eigenvalue weighted by molar-refractivity contribution is 6.30. The van der Waals surface area contributed by atoms with E-state index in [0.717, 1.165) is 44.6 Å². The van der Waals surface area contributed by atoms with Gasteiger partial charge in [0, 0.05) is 29.7 Å². The van der Waals surface area contributed by atoms with E-state index in [1.807, 2.05) is 16.7 Å². The van der Waals surface area contributed by atoms with Crippen LogP contribution >= 0.6 is 11.6 Å². The Morgan fingerprint density at radius 3 is 2.62 bits per heavy atom. The zero-order chi connectivity index (χ0) is 20.4. The molecule has 156 valence electrons. The topological polar surface area (TPSA) is 72.2 Å². The molecular formula is C21H28ClN5O2. The molecule has 29 heavy (non-hydrogen) atoms. The van der Waals surface area contributed by atoms with E-state index in [0.29, 0.717) is 23.3 Å². The molecule has 1 saturated carbocycles. The second-order valence-electron chi connectivity index (χ2n) is 8.18. The van der Waals surface area contributed by atoms with Gasteiger partial charge in [-0.2, -0.15) is 5.10 Å². The van der Waals surface area contributed by atoms with Crippen molar-refractivity contribution >= 4 is 23.2 Å². The average molecular weight is 418 g/mol. The number of amides is 1. The van der Waals surface area contributed by atoms with Crippen LogP contribution in [-0.2, 0) is 11.8 Å². The molecule has 1 aromatic carbocycles. The molecular weight excluding hydrogens is 390 g/mol. The molecule has 0 unspecified atom stereocenters. The van der Waals surface area contributed by atoms with Crippen LogP contribution in [0.2, 0.25) is 5.02 Å². The Morgan fingerprint density at radius 1 is 1.21 bits per heavy atom. The zero-order valence-electron chi connectivity index (χ0n) is 16.8. The summed E-state index contributed by atoms with van der Waals surface area (Å²) in [5, 5.41) is 8.09. The van der Waals surface area contributed by atoms with E-state index >= 15 is 0 Å². The lowest BCUT2D eigenvalue weighted by Crippen LogP contribution is -2.39. The summed E-state index contributed by atoms with van der Waals surface area (Å²) >= 11 is 5.97. The van der Waals surface area contributed by atoms with Crippen molar-refractivity contribution in [1.82, 2.24) is 19.2 Å². The standard InChI is InChI=1S/C21H28ClN5O2/c1-25-21(29)27(18-7-2-3-8-18)20(24-25)15-9-11-26(12-10-15)14-19(28)23-17-6-4-5-16(22)13-17/h4-6,13,15,18H,2-3,7-12,14H2,1H3,(H,23,28). The smallest absolute Gasteiger partial charge is 0.325 e. The summed E-state index contributed by atoms with van der Waals surface area (Å²) in [6.07, 6.45) is 6.33. The molecule has 1 amide bonds. The normalized spacial score (nSPS) is 19.0. The number of rotatable bonds is 5. The molecule has 2 heterocycles. The molecule has 1 saturated heterocycles. The monoisotopic (exact) mass is 417 g/mol. The number of aromatic nitrogens is 3. The number of halogens is 1. The molecule has 4 rings (SSSR count). The van der Waals surface area contributed by atoms with Crippen LogP contribution in [0.4, 0.5) is 5.69 Å². The number of nitrogens with zero attached hydrogens (tertiary/aromatic N) is 4. The van der Waals surface area contributed by atoms with Crippen molar-refractivity contribution in [3.05, 3.63) is 45.6 Å². The summed E-state index contributed by atoms with van der Waals surface area (Å²) < 4.78 is 3.44. The summed E-state index contributed by atoms with van der Waals surface area (Å²) in [4.78, 5) is 27.1. The maximum absolute atomic E-state index is 12.6. The maximum Gasteiger partial charge on any atom is 0.345 e. The van der Waals surface area contributed by atoms with E-state index in [9.17, 15) is 9.59 Å². The number of piperidine rings is 1. The first kappa shape index (κ1) is 20.2. The number of likely N-dealkylation sites (tertiary alicyclic amines) is 1. The minimum atomic E-state index is -0.0357. The second kappa shape index (κ2) is 8.71. The predicted octanol–water partition coefficient (Wildman–Crippen LogP) is 3.17. The second-order valence-corrected chi connectivity index (χ2v) is 8.62. The SMILES string of the molecule is Cn1nc(C2CCN(CC(=O)Nc3cccc(Cl)c3)CC2)n(C2CCCC2)c1=O. The van der Waals surface area contributed by atoms with Crippen LogP contribution in [-0.4, -0.2) is 44.8 Å². The van der Waals surface area contributed by atoms with Gasteiger partial charge in [0.15, 0.2) is 0 Å². The fraction of sp³-hybridized carbons (Fsp3) is 0.571. The van der Waals surface area contributed by atoms with Crippen LogP contribution in [0.15, 0.2) is 29.1 Å². The van der Waals surface area contributed by atoms with Gasteiger partial charge >= 0.3 is 5.69 Å². The fourth-order valence-electron chi connectivity index (χ4n) is 4.60. The van der Waals surface area contributed by atoms with Crippen molar-refractivity contribution in [3.63, 3.8) is 0 Å². The summed E-state index contributed by atoms with van der Waals surface area (Å²) in [7, 11) is 1.74. The molecule has 8 heteroatoms. The Labute approximate surface area is 175 Å². The molecule has 0 radical (unpaired) electrons. The van der Waals surface area contributed by atoms with Crippen molar-refractivity contribution in [2.75, 3.05) is 25.0 Å². The minimum absolute atomic E-state index is 0.00947. The van der Waals surface area contributed by atoms with Gasteiger partial charge in [-0.3, -0.25) is 14.3 Å². The molecule has 2 aromatic rings. The van der Waals surface area contributed by atoms with Crippen LogP contribution in [0.25, 0.3) is 0 Å². The highest BCUT2D eigenvalue weighted by Gasteiger charge is 2.30. The van der Waals surface area contributed by atoms with Gasteiger partial charge in [0.25, 0.3) is 0 Å². The van der Waals surface area contributed by atoms with Crippen LogP contribution in [0.5, 0.6) is 0 Å². The summed E-state index contributed by atoms with van der Waals surface area (Å²) in [5.74, 6) is 1.18. The fourth-order valence-corrected chi connectivity index (χ4v) is 4.79. The van der Waals surface area contributed by atoms with Crippen LogP contribution in [0.3, 0.4) is 0 Å². The molecule has 7 nitrogen and oxygen atoms in total. The quantitative estimate of drug-likeness (QED) is 0.811. The van der Waals surface area contributed by atoms with Gasteiger partial charge in [-0.1, -0.05) is 30.5 Å². The number of carbonyl (C=O) groups is 1. The van der Waals surface area contributed by atoms with Gasteiger partial charge in [-0.15, -0.1) is 0 Å². The summed E-state index contributed by atoms with van der Waals surface area (Å²) in [5.41, 5.74) is 0.724. The van der Waals surface area contributed by atoms with Crippen LogP contribution < -0.4 is 11.0 Å². The van der Waals surface area contributed by atoms with Crippen LogP contribution in [0.1, 0.15) is 56.3 Å². The first-order chi connectivity index (χ1) is 14.0. The van der Waals surface area contributed by atoms with Gasteiger partial charge in [0.1, 0.15) is 5.82 Å². The molecule has 1 aliphatic heterocycles. The Hall–Kier alpha value is -2.12. The number of carbonyl (C=O) groups excluding carboxylic acids is 1. The highest BCUT2D eigenvalue weighted by atomic mass is 35.5. The van der Waals surface area contributed by atoms with Gasteiger partial charge in [-0.05, 0) is 57.0 Å². The van der Waals surface area contributed by atoms with Crippen molar-refractivity contribution in [1.29, 1.82) is 0 Å². The summed E-state index contributed by atoms with van der Waals surface area (Å²) in [6, 6.07) is 7.48. The van der Waals surface area contributed by atoms with E-state index in [-0.39, 0.29) is 17.5 Å². The average Bonchev–Trinajstić information content (AvgIpc) is 3.31. The third-order valence-electron chi connectivity index (χ3n) is 6.10. The third-order valence-corrected chi connectivity index (χ3v) is 6.34. The van der Waals surface area contributed by atoms with Crippen LogP contribution in [0, 0.1) is 0 Å². The molecule has 1 aliphatic carbocycles. The van der Waals surface area contributed by atoms with Crippen molar-refractivity contribution in [2.24, 2.45) is 7.05 Å². The van der Waals surface area contributed by atoms with E-state index in [1.165, 1.54) is 17.5 Å². The number of hydrogen-bond donors (Lipinski definition) is 1. The van der Waals surface area contributed by atoms with E-state index in [4.69, 9.17) is 11.6 Å². The maximum atomic E-state index is 12.6. The van der Waals surface area contributed by atoms with Gasteiger partial charge in [0.2, 0.25) is 5.91 Å². The van der Waals surface area contributed by atoms with E-state index < -0.39 is 0 Å². The number of benzene rings is 1. The Kier molecular flexibility index (Phi) is 6.06. The van der Waals surface area contributed by atoms with E-state index in [2.05, 4.69) is 15.3 Å². The minimum Gasteiger partial charge on any atom is -0.325 e. The van der Waals surface area contributed by atoms with E-state index in [1.54, 1.807) is 19.2 Å². The first-order valence-electron chi connectivity index (χ1n) is 10.4. The zero-order valence-corrected chi connectivity index (χ0v) is 17.6. The van der Waals surface area contributed by atoms with Crippen molar-refractivity contribution in [2.45, 2.75) is 50.5 Å². The van der Waals surface area contributed by atoms with Gasteiger partial charge in [-0.25, -0.2) is 9.48 Å². The highest BCUT2D eigenvalue weighted by Crippen LogP contribution is 2.33. The largest absolute Gasteiger partial charge is 0.345 e. The number of hydrogen-bond acceptors (Lipinski definition) is 4. The molecule has 1 aromatic heterocycles. The lowest BCUT2D eigenvalue weighted by atomic mass is 9.95. The lowest BCUT2D eigenvalue weighted by molar-refractivity contribution is -0.117. The summed E-state index contributed by atoms with van der Waals surface area (Å²) in [6.45, 7) is 2.00. The third kappa shape index (κ3) is 4.56. The molecule has 1 N–H and O–H groups in total. The lowest BCUT2D eigenvalue weighted by Gasteiger charge is -2.31. The first-order valence-corrected chi connectivity index (χ1v) is 10.8. The van der Waals surface area contributed by atoms with Crippen molar-refractivity contribution in [3.8, 4) is 0 Å². The van der Waals surface area contributed by atoms with Gasteiger partial charge < -0.3 is 5.32 Å². The number of aryl methyl sites for hydroxylation is 1. The molecule has 0 bridgehead atoms. The Bertz CT molecular complexity index is 923. The van der Waals surface area contributed by atoms with Gasteiger partial charge in [0.05, 0.1) is 6.54 Å². The molecule has 0 atom stereocenters. The number of nitrogens with one attached hydrogen (secondary N) is 1. The molecule has 2 aliphatic rings. The Morgan fingerprint density at radius 2 is 1.93 bits per heavy atom. The molecule has 0 spiro atoms. The van der Waals surface area contributed by atoms with Crippen molar-refractivity contribution < 1.29 is 4.79 Å².